The number of aliphatic hydroxyl groups is 2. The third-order valence-corrected chi connectivity index (χ3v) is 4.86. The first-order valence-corrected chi connectivity index (χ1v) is 8.19. The molecule has 26 heavy (non-hydrogen) atoms. The molecule has 1 aromatic carbocycles. The van der Waals surface area contributed by atoms with Gasteiger partial charge in [-0.05, 0) is 24.1 Å². The highest BCUT2D eigenvalue weighted by Crippen LogP contribution is 2.38. The number of carbonyl (C=O) groups is 2. The van der Waals surface area contributed by atoms with Gasteiger partial charge in [0.15, 0.2) is 11.5 Å². The summed E-state index contributed by atoms with van der Waals surface area (Å²) in [6.07, 6.45) is -2.97. The Morgan fingerprint density at radius 3 is 2.46 bits per heavy atom. The summed E-state index contributed by atoms with van der Waals surface area (Å²) in [4.78, 5) is 26.8. The molecule has 1 aliphatic rings. The molecule has 0 bridgehead atoms. The fourth-order valence-electron chi connectivity index (χ4n) is 3.33. The molecular formula is C18H21NO7. The molecule has 0 aromatic heterocycles. The highest BCUT2D eigenvalue weighted by Gasteiger charge is 2.55. The number of hydrogen-bond acceptors (Lipinski definition) is 6. The lowest BCUT2D eigenvalue weighted by Gasteiger charge is -2.36. The van der Waals surface area contributed by atoms with Gasteiger partial charge in [-0.1, -0.05) is 6.07 Å². The second-order valence-electron chi connectivity index (χ2n) is 6.74. The minimum absolute atomic E-state index is 0.0849. The van der Waals surface area contributed by atoms with Crippen LogP contribution in [-0.2, 0) is 16.0 Å². The third kappa shape index (κ3) is 4.12. The van der Waals surface area contributed by atoms with Crippen LogP contribution in [0.3, 0.4) is 0 Å². The van der Waals surface area contributed by atoms with Crippen LogP contribution < -0.4 is 0 Å². The minimum Gasteiger partial charge on any atom is -0.504 e. The molecule has 1 aromatic rings. The largest absolute Gasteiger partial charge is 0.504 e. The first-order valence-electron chi connectivity index (χ1n) is 8.19. The van der Waals surface area contributed by atoms with E-state index in [-0.39, 0.29) is 43.0 Å². The number of benzene rings is 1. The summed E-state index contributed by atoms with van der Waals surface area (Å²) in [6.45, 7) is 7.16. The van der Waals surface area contributed by atoms with Gasteiger partial charge in [-0.3, -0.25) is 9.64 Å². The molecule has 140 valence electrons. The number of aromatic hydroxyl groups is 2. The number of aliphatic hydroxyl groups excluding tert-OH is 2. The molecule has 0 radical (unpaired) electrons. The van der Waals surface area contributed by atoms with E-state index in [0.29, 0.717) is 12.0 Å². The zero-order valence-corrected chi connectivity index (χ0v) is 14.0. The van der Waals surface area contributed by atoms with E-state index in [2.05, 4.69) is 4.85 Å². The molecule has 4 atom stereocenters. The molecule has 8 heteroatoms. The van der Waals surface area contributed by atoms with E-state index < -0.39 is 29.6 Å². The Kier molecular flexibility index (Phi) is 5.85. The predicted octanol–water partition coefficient (Wildman–Crippen LogP) is 0.864. The Hall–Kier alpha value is -2.63. The SMILES string of the molecule is [C-]#[N+][C@]1(C(=O)O)C[C@@H](CC(=O)CCc2ccc(O)c(O)c2)[C@H](O)[C@H](O)C1. The number of phenols is 2. The van der Waals surface area contributed by atoms with Crippen molar-refractivity contribution in [3.8, 4) is 11.5 Å². The van der Waals surface area contributed by atoms with E-state index >= 15 is 0 Å². The molecule has 8 nitrogen and oxygen atoms in total. The number of aliphatic carboxylic acids is 1. The predicted molar refractivity (Wildman–Crippen MR) is 89.4 cm³/mol. The van der Waals surface area contributed by atoms with Gasteiger partial charge in [0.05, 0.1) is 18.6 Å². The second-order valence-corrected chi connectivity index (χ2v) is 6.74. The molecule has 5 N–H and O–H groups in total. The highest BCUT2D eigenvalue weighted by molar-refractivity contribution is 5.82. The van der Waals surface area contributed by atoms with Gasteiger partial charge in [-0.2, -0.15) is 0 Å². The van der Waals surface area contributed by atoms with Gasteiger partial charge in [0.2, 0.25) is 0 Å². The van der Waals surface area contributed by atoms with Gasteiger partial charge in [0, 0.05) is 25.2 Å². The van der Waals surface area contributed by atoms with Crippen molar-refractivity contribution in [3.05, 3.63) is 35.2 Å². The van der Waals surface area contributed by atoms with Crippen molar-refractivity contribution in [1.82, 2.24) is 0 Å². The number of hydrogen-bond donors (Lipinski definition) is 5. The zero-order valence-electron chi connectivity index (χ0n) is 14.0. The number of Topliss-reactive ketones (excluding diaryl/α,β-unsaturated/α-hetero) is 1. The van der Waals surface area contributed by atoms with Gasteiger partial charge in [0.1, 0.15) is 5.78 Å². The number of carboxylic acid groups (broad SMARTS) is 1. The fraction of sp³-hybridized carbons (Fsp3) is 0.500. The zero-order chi connectivity index (χ0) is 19.5. The van der Waals surface area contributed by atoms with Gasteiger partial charge in [-0.15, -0.1) is 0 Å². The van der Waals surface area contributed by atoms with Crippen molar-refractivity contribution in [1.29, 1.82) is 0 Å². The van der Waals surface area contributed by atoms with E-state index in [1.807, 2.05) is 0 Å². The van der Waals surface area contributed by atoms with Crippen LogP contribution in [0, 0.1) is 12.5 Å². The summed E-state index contributed by atoms with van der Waals surface area (Å²) >= 11 is 0. The van der Waals surface area contributed by atoms with Crippen LogP contribution >= 0.6 is 0 Å². The smallest absolute Gasteiger partial charge is 0.391 e. The summed E-state index contributed by atoms with van der Waals surface area (Å²) in [5.41, 5.74) is -1.19. The van der Waals surface area contributed by atoms with E-state index in [4.69, 9.17) is 6.57 Å². The molecule has 1 saturated carbocycles. The van der Waals surface area contributed by atoms with Crippen LogP contribution in [0.4, 0.5) is 0 Å². The number of phenolic OH excluding ortho intramolecular Hbond substituents is 2. The summed E-state index contributed by atoms with van der Waals surface area (Å²) in [5.74, 6) is -2.98. The number of carboxylic acids is 1. The molecule has 0 unspecified atom stereocenters. The molecule has 0 aliphatic heterocycles. The standard InChI is InChI=1S/C18H21NO7/c1-19-18(17(25)26)8-11(16(24)15(23)9-18)7-12(20)4-2-10-3-5-13(21)14(22)6-10/h3,5-6,11,15-16,21-24H,2,4,7-9H2,(H,25,26)/t11-,15-,16+,18-/m1/s1. The minimum atomic E-state index is -1.83. The van der Waals surface area contributed by atoms with Gasteiger partial charge >= 0.3 is 11.5 Å². The Morgan fingerprint density at radius 2 is 1.88 bits per heavy atom. The second kappa shape index (κ2) is 7.72. The number of rotatable bonds is 6. The summed E-state index contributed by atoms with van der Waals surface area (Å²) < 4.78 is 0. The highest BCUT2D eigenvalue weighted by atomic mass is 16.4. The number of ketones is 1. The third-order valence-electron chi connectivity index (χ3n) is 4.86. The van der Waals surface area contributed by atoms with Crippen molar-refractivity contribution >= 4 is 11.8 Å². The molecule has 0 heterocycles. The maximum Gasteiger partial charge on any atom is 0.391 e. The Bertz CT molecular complexity index is 742. The maximum absolute atomic E-state index is 12.2. The maximum atomic E-state index is 12.2. The normalized spacial score (nSPS) is 28.3. The molecule has 2 rings (SSSR count). The lowest BCUT2D eigenvalue weighted by molar-refractivity contribution is -0.150. The van der Waals surface area contributed by atoms with E-state index in [1.165, 1.54) is 12.1 Å². The number of aryl methyl sites for hydroxylation is 1. The fourth-order valence-corrected chi connectivity index (χ4v) is 3.33. The molecule has 1 fully saturated rings. The van der Waals surface area contributed by atoms with Crippen molar-refractivity contribution in [3.63, 3.8) is 0 Å². The first-order chi connectivity index (χ1) is 12.2. The lowest BCUT2D eigenvalue weighted by atomic mass is 9.71. The van der Waals surface area contributed by atoms with Crippen LogP contribution in [0.15, 0.2) is 18.2 Å². The Balaban J connectivity index is 2.01. The Labute approximate surface area is 150 Å². The van der Waals surface area contributed by atoms with E-state index in [1.54, 1.807) is 6.07 Å². The first kappa shape index (κ1) is 19.7. The van der Waals surface area contributed by atoms with Crippen molar-refractivity contribution in [2.45, 2.75) is 49.9 Å². The summed E-state index contributed by atoms with van der Waals surface area (Å²) in [5, 5.41) is 48.0. The van der Waals surface area contributed by atoms with Crippen molar-refractivity contribution in [2.75, 3.05) is 0 Å². The van der Waals surface area contributed by atoms with E-state index in [0.717, 1.165) is 0 Å². The molecule has 1 aliphatic carbocycles. The van der Waals surface area contributed by atoms with Crippen LogP contribution in [0.1, 0.15) is 31.2 Å². The molecule has 0 saturated heterocycles. The summed E-state index contributed by atoms with van der Waals surface area (Å²) in [6, 6.07) is 4.22. The Morgan fingerprint density at radius 1 is 1.19 bits per heavy atom. The number of carbonyl (C=O) groups excluding carboxylic acids is 1. The molecule has 0 spiro atoms. The van der Waals surface area contributed by atoms with Crippen molar-refractivity contribution < 1.29 is 35.1 Å². The quantitative estimate of drug-likeness (QED) is 0.373. The van der Waals surface area contributed by atoms with Crippen LogP contribution in [-0.4, -0.2) is 55.0 Å². The molecule has 0 amide bonds. The van der Waals surface area contributed by atoms with Gasteiger partial charge in [-0.25, -0.2) is 11.4 Å². The van der Waals surface area contributed by atoms with Gasteiger partial charge in [0.25, 0.3) is 0 Å². The monoisotopic (exact) mass is 363 g/mol. The van der Waals surface area contributed by atoms with Crippen molar-refractivity contribution in [2.24, 2.45) is 5.92 Å². The topological polar surface area (TPSA) is 140 Å². The average Bonchev–Trinajstić information content (AvgIpc) is 2.59. The molecular weight excluding hydrogens is 342 g/mol. The van der Waals surface area contributed by atoms with Gasteiger partial charge < -0.3 is 25.5 Å². The lowest BCUT2D eigenvalue weighted by Crippen LogP contribution is -2.52. The van der Waals surface area contributed by atoms with Crippen LogP contribution in [0.2, 0.25) is 0 Å². The summed E-state index contributed by atoms with van der Waals surface area (Å²) in [7, 11) is 0. The van der Waals surface area contributed by atoms with E-state index in [9.17, 15) is 35.1 Å². The number of nitrogens with zero attached hydrogens (tertiary/aromatic N) is 1. The van der Waals surface area contributed by atoms with Crippen LogP contribution in [0.5, 0.6) is 11.5 Å². The van der Waals surface area contributed by atoms with Crippen LogP contribution in [0.25, 0.3) is 4.85 Å². The average molecular weight is 363 g/mol.